The fourth-order valence-corrected chi connectivity index (χ4v) is 3.90. The zero-order chi connectivity index (χ0) is 26.4. The van der Waals surface area contributed by atoms with Crippen molar-refractivity contribution in [1.29, 1.82) is 0 Å². The highest BCUT2D eigenvalue weighted by atomic mass is 16.6. The van der Waals surface area contributed by atoms with E-state index in [2.05, 4.69) is 15.0 Å². The Bertz CT molecular complexity index is 1380. The van der Waals surface area contributed by atoms with Gasteiger partial charge in [-0.3, -0.25) is 10.1 Å². The molecule has 0 spiro atoms. The number of benzene rings is 1. The molecule has 1 fully saturated rings. The molecule has 0 N–H and O–H groups in total. The summed E-state index contributed by atoms with van der Waals surface area (Å²) in [5, 5.41) is 15.2. The summed E-state index contributed by atoms with van der Waals surface area (Å²) < 4.78 is 12.5. The molecule has 0 unspecified atom stereocenters. The van der Waals surface area contributed by atoms with Crippen molar-refractivity contribution in [1.82, 2.24) is 24.5 Å². The molecule has 0 saturated carbocycles. The number of anilines is 1. The number of piperazine rings is 1. The maximum Gasteiger partial charge on any atom is 0.415 e. The van der Waals surface area contributed by atoms with Gasteiger partial charge < -0.3 is 19.3 Å². The molecule has 3 aromatic heterocycles. The number of carbonyl (C=O) groups excluding carboxylic acids is 1. The van der Waals surface area contributed by atoms with Crippen LogP contribution in [0.4, 0.5) is 16.3 Å². The van der Waals surface area contributed by atoms with Crippen LogP contribution < -0.4 is 14.4 Å². The molecule has 12 heteroatoms. The van der Waals surface area contributed by atoms with Gasteiger partial charge in [-0.15, -0.1) is 0 Å². The first kappa shape index (κ1) is 25.4. The molecule has 4 heterocycles. The van der Waals surface area contributed by atoms with Gasteiger partial charge in [0.15, 0.2) is 5.65 Å². The Morgan fingerprint density at radius 2 is 1.76 bits per heavy atom. The van der Waals surface area contributed by atoms with Crippen molar-refractivity contribution >= 4 is 23.2 Å². The Morgan fingerprint density at radius 1 is 1.03 bits per heavy atom. The average molecular weight is 506 g/mol. The van der Waals surface area contributed by atoms with Crippen LogP contribution in [0.15, 0.2) is 61.1 Å². The summed E-state index contributed by atoms with van der Waals surface area (Å²) >= 11 is 0. The van der Waals surface area contributed by atoms with Gasteiger partial charge in [0.1, 0.15) is 11.6 Å². The van der Waals surface area contributed by atoms with E-state index in [1.165, 1.54) is 24.3 Å². The molecular weight excluding hydrogens is 478 g/mol. The third-order valence-electron chi connectivity index (χ3n) is 5.72. The second kappa shape index (κ2) is 11.3. The minimum absolute atomic E-state index is 0.0637. The molecule has 1 saturated heterocycles. The van der Waals surface area contributed by atoms with Crippen molar-refractivity contribution in [2.24, 2.45) is 0 Å². The van der Waals surface area contributed by atoms with E-state index in [0.717, 1.165) is 16.9 Å². The molecule has 192 valence electrons. The summed E-state index contributed by atoms with van der Waals surface area (Å²) in [6.07, 6.45) is 4.75. The fraction of sp³-hybridized carbons (Fsp3) is 0.280. The van der Waals surface area contributed by atoms with Gasteiger partial charge in [-0.1, -0.05) is 13.8 Å². The molecular formula is C25H27N7O5. The lowest BCUT2D eigenvalue weighted by molar-refractivity contribution is -0.384. The highest BCUT2D eigenvalue weighted by molar-refractivity contribution is 5.80. The van der Waals surface area contributed by atoms with Crippen molar-refractivity contribution in [3.63, 3.8) is 0 Å². The van der Waals surface area contributed by atoms with E-state index in [1.807, 2.05) is 38.2 Å². The molecule has 4 aromatic rings. The Kier molecular flexibility index (Phi) is 7.77. The lowest BCUT2D eigenvalue weighted by Crippen LogP contribution is -2.49. The summed E-state index contributed by atoms with van der Waals surface area (Å²) in [5.74, 6) is 1.52. The highest BCUT2D eigenvalue weighted by Gasteiger charge is 2.24. The van der Waals surface area contributed by atoms with Crippen molar-refractivity contribution in [3.05, 3.63) is 71.2 Å². The van der Waals surface area contributed by atoms with Crippen LogP contribution in [0.3, 0.4) is 0 Å². The highest BCUT2D eigenvalue weighted by Crippen LogP contribution is 2.31. The smallest absolute Gasteiger partial charge is 0.415 e. The van der Waals surface area contributed by atoms with Gasteiger partial charge in [0, 0.05) is 56.3 Å². The summed E-state index contributed by atoms with van der Waals surface area (Å²) in [6.45, 7) is 6.03. The number of nitrogens with zero attached hydrogens (tertiary/aromatic N) is 7. The molecule has 1 aliphatic rings. The van der Waals surface area contributed by atoms with Crippen LogP contribution in [0.5, 0.6) is 11.6 Å². The summed E-state index contributed by atoms with van der Waals surface area (Å²) in [6, 6.07) is 11.0. The number of nitro benzene ring substituents is 1. The van der Waals surface area contributed by atoms with Crippen molar-refractivity contribution < 1.29 is 19.2 Å². The quantitative estimate of drug-likeness (QED) is 0.291. The zero-order valence-corrected chi connectivity index (χ0v) is 20.8. The number of fused-ring (bicyclic) bond motifs is 1. The number of methoxy groups -OCH3 is 1. The van der Waals surface area contributed by atoms with Crippen molar-refractivity contribution in [3.8, 4) is 22.8 Å². The fourth-order valence-electron chi connectivity index (χ4n) is 3.90. The molecule has 12 nitrogen and oxygen atoms in total. The van der Waals surface area contributed by atoms with Crippen LogP contribution in [0, 0.1) is 10.1 Å². The molecule has 0 radical (unpaired) electrons. The summed E-state index contributed by atoms with van der Waals surface area (Å²) in [5.41, 5.74) is 2.22. The van der Waals surface area contributed by atoms with Gasteiger partial charge in [-0.2, -0.15) is 5.10 Å². The van der Waals surface area contributed by atoms with E-state index in [9.17, 15) is 14.9 Å². The molecule has 1 aromatic carbocycles. The maximum absolute atomic E-state index is 12.5. The average Bonchev–Trinajstić information content (AvgIpc) is 3.37. The first-order chi connectivity index (χ1) is 18.0. The monoisotopic (exact) mass is 505 g/mol. The Labute approximate surface area is 213 Å². The van der Waals surface area contributed by atoms with Crippen molar-refractivity contribution in [2.45, 2.75) is 13.8 Å². The molecule has 1 amide bonds. The molecule has 1 aliphatic heterocycles. The number of ether oxygens (including phenoxy) is 2. The Morgan fingerprint density at radius 3 is 2.43 bits per heavy atom. The minimum Gasteiger partial charge on any atom is -0.481 e. The first-order valence-electron chi connectivity index (χ1n) is 11.8. The van der Waals surface area contributed by atoms with Crippen LogP contribution in [0.25, 0.3) is 16.8 Å². The van der Waals surface area contributed by atoms with Gasteiger partial charge in [-0.25, -0.2) is 19.3 Å². The van der Waals surface area contributed by atoms with Gasteiger partial charge in [0.05, 0.1) is 23.8 Å². The predicted molar refractivity (Wildman–Crippen MR) is 137 cm³/mol. The Hall–Kier alpha value is -4.74. The number of carbonyl (C=O) groups is 1. The van der Waals surface area contributed by atoms with Gasteiger partial charge in [0.2, 0.25) is 5.88 Å². The third-order valence-corrected chi connectivity index (χ3v) is 5.72. The van der Waals surface area contributed by atoms with Gasteiger partial charge in [-0.05, 0) is 30.3 Å². The summed E-state index contributed by atoms with van der Waals surface area (Å²) in [4.78, 5) is 35.6. The molecule has 0 atom stereocenters. The summed E-state index contributed by atoms with van der Waals surface area (Å²) in [7, 11) is 1.57. The number of pyridine rings is 1. The number of hydrogen-bond donors (Lipinski definition) is 0. The standard InChI is InChI=1S/C23H21N7O5.C2H6/c1-34-22-18(3-2-9-24-22)19-15-25-29-10-8-20(26-21(19)29)27-11-13-28(14-12-27)23(31)35-17-6-4-16(5-7-17)30(32)33;1-2/h2-10,15H,11-14H2,1H3;1-2H3. The number of non-ortho nitro benzene ring substituents is 1. The van der Waals surface area contributed by atoms with Gasteiger partial charge >= 0.3 is 6.09 Å². The van der Waals surface area contributed by atoms with Crippen LogP contribution in [-0.2, 0) is 0 Å². The normalized spacial score (nSPS) is 13.1. The lowest BCUT2D eigenvalue weighted by atomic mass is 10.1. The first-order valence-corrected chi connectivity index (χ1v) is 11.8. The molecule has 37 heavy (non-hydrogen) atoms. The number of hydrogen-bond acceptors (Lipinski definition) is 9. The van der Waals surface area contributed by atoms with E-state index in [1.54, 1.807) is 28.9 Å². The van der Waals surface area contributed by atoms with E-state index in [0.29, 0.717) is 37.7 Å². The van der Waals surface area contributed by atoms with Crippen LogP contribution in [-0.4, -0.2) is 68.8 Å². The number of amides is 1. The molecule has 0 bridgehead atoms. The second-order valence-corrected chi connectivity index (χ2v) is 7.77. The SMILES string of the molecule is CC.COc1ncccc1-c1cnn2ccc(N3CCN(C(=O)Oc4ccc([N+](=O)[O-])cc4)CC3)nc12. The number of aromatic nitrogens is 4. The van der Waals surface area contributed by atoms with Crippen molar-refractivity contribution in [2.75, 3.05) is 38.2 Å². The maximum atomic E-state index is 12.5. The lowest BCUT2D eigenvalue weighted by Gasteiger charge is -2.34. The van der Waals surface area contributed by atoms with Crippen LogP contribution in [0.2, 0.25) is 0 Å². The van der Waals surface area contributed by atoms with Gasteiger partial charge in [0.25, 0.3) is 5.69 Å². The third kappa shape index (κ3) is 5.42. The second-order valence-electron chi connectivity index (χ2n) is 7.77. The van der Waals surface area contributed by atoms with Crippen LogP contribution in [0.1, 0.15) is 13.8 Å². The zero-order valence-electron chi connectivity index (χ0n) is 20.8. The van der Waals surface area contributed by atoms with Crippen LogP contribution >= 0.6 is 0 Å². The predicted octanol–water partition coefficient (Wildman–Crippen LogP) is 4.06. The largest absolute Gasteiger partial charge is 0.481 e. The topological polar surface area (TPSA) is 128 Å². The number of nitro groups is 1. The molecule has 0 aliphatic carbocycles. The van der Waals surface area contributed by atoms with E-state index < -0.39 is 11.0 Å². The van der Waals surface area contributed by atoms with E-state index >= 15 is 0 Å². The van der Waals surface area contributed by atoms with E-state index in [4.69, 9.17) is 14.5 Å². The Balaban J connectivity index is 0.00000156. The number of rotatable bonds is 5. The molecule has 5 rings (SSSR count). The minimum atomic E-state index is -0.504. The van der Waals surface area contributed by atoms with E-state index in [-0.39, 0.29) is 11.4 Å².